The van der Waals surface area contributed by atoms with Gasteiger partial charge in [-0.25, -0.2) is 0 Å². The first-order chi connectivity index (χ1) is 14.0. The third kappa shape index (κ3) is 6.04. The smallest absolute Gasteiger partial charge is 0.187 e. The summed E-state index contributed by atoms with van der Waals surface area (Å²) in [5.41, 5.74) is 0.860. The second-order valence-electron chi connectivity index (χ2n) is 7.02. The molecule has 0 spiro atoms. The zero-order valence-electron chi connectivity index (χ0n) is 16.3. The monoisotopic (exact) mass is 456 g/mol. The second-order valence-corrected chi connectivity index (χ2v) is 8.33. The number of rotatable bonds is 13. The van der Waals surface area contributed by atoms with Crippen molar-refractivity contribution in [3.63, 3.8) is 0 Å². The highest BCUT2D eigenvalue weighted by atomic mass is 79.9. The van der Waals surface area contributed by atoms with Crippen LogP contribution < -0.4 is 0 Å². The number of alkyl halides is 1. The first-order valence-corrected chi connectivity index (χ1v) is 10.6. The van der Waals surface area contributed by atoms with Crippen LogP contribution in [0.5, 0.6) is 0 Å². The molecule has 2 rings (SSSR count). The first kappa shape index (κ1) is 22.9. The van der Waals surface area contributed by atoms with E-state index in [4.69, 9.17) is 0 Å². The molecule has 0 heterocycles. The van der Waals surface area contributed by atoms with Crippen molar-refractivity contribution < 1.29 is 19.2 Å². The van der Waals surface area contributed by atoms with Crippen LogP contribution in [-0.4, -0.2) is 28.5 Å². The Bertz CT molecular complexity index is 819. The number of hydrogen-bond donors (Lipinski definition) is 0. The number of ketones is 2. The molecule has 0 aliphatic carbocycles. The Hall–Kier alpha value is -2.40. The van der Waals surface area contributed by atoms with E-state index in [9.17, 15) is 19.2 Å². The molecule has 2 aromatic rings. The molecule has 0 aliphatic heterocycles. The van der Waals surface area contributed by atoms with E-state index in [1.807, 2.05) is 6.07 Å². The molecular formula is C24H25BrO4. The second kappa shape index (κ2) is 11.6. The van der Waals surface area contributed by atoms with Gasteiger partial charge in [0.05, 0.1) is 5.92 Å². The van der Waals surface area contributed by atoms with Crippen molar-refractivity contribution in [1.29, 1.82) is 0 Å². The summed E-state index contributed by atoms with van der Waals surface area (Å²) in [6.45, 7) is 0. The Kier molecular flexibility index (Phi) is 9.13. The average molecular weight is 457 g/mol. The molecule has 2 atom stereocenters. The molecule has 5 heteroatoms. The fourth-order valence-corrected chi connectivity index (χ4v) is 4.04. The number of aldehydes is 2. The lowest BCUT2D eigenvalue weighted by Gasteiger charge is -2.29. The fraction of sp³-hybridized carbons (Fsp3) is 0.333. The lowest BCUT2D eigenvalue weighted by atomic mass is 9.78. The molecule has 29 heavy (non-hydrogen) atoms. The number of unbranched alkanes of at least 4 members (excludes halogenated alkanes) is 4. The normalized spacial score (nSPS) is 13.8. The lowest BCUT2D eigenvalue weighted by Crippen LogP contribution is -2.45. The third-order valence-corrected chi connectivity index (χ3v) is 6.10. The zero-order valence-corrected chi connectivity index (χ0v) is 17.8. The topological polar surface area (TPSA) is 68.3 Å². The van der Waals surface area contributed by atoms with Crippen LogP contribution in [0.2, 0.25) is 0 Å². The van der Waals surface area contributed by atoms with Crippen LogP contribution in [0.4, 0.5) is 0 Å². The maximum atomic E-state index is 13.3. The highest BCUT2D eigenvalue weighted by Gasteiger charge is 2.47. The molecule has 152 valence electrons. The molecule has 0 amide bonds. The molecule has 0 saturated heterocycles. The van der Waals surface area contributed by atoms with Crippen molar-refractivity contribution in [2.24, 2.45) is 5.92 Å². The minimum Gasteiger partial charge on any atom is -0.303 e. The molecule has 0 N–H and O–H groups in total. The molecule has 0 radical (unpaired) electrons. The van der Waals surface area contributed by atoms with Gasteiger partial charge in [0.25, 0.3) is 0 Å². The number of carbonyl (C=O) groups is 4. The van der Waals surface area contributed by atoms with E-state index in [2.05, 4.69) is 15.9 Å². The van der Waals surface area contributed by atoms with Gasteiger partial charge in [0.2, 0.25) is 0 Å². The van der Waals surface area contributed by atoms with Gasteiger partial charge in [-0.1, -0.05) is 95.9 Å². The predicted octanol–water partition coefficient (Wildman–Crippen LogP) is 5.24. The first-order valence-electron chi connectivity index (χ1n) is 9.82. The highest BCUT2D eigenvalue weighted by molar-refractivity contribution is 9.10. The van der Waals surface area contributed by atoms with Crippen LogP contribution in [0.25, 0.3) is 0 Å². The van der Waals surface area contributed by atoms with Crippen molar-refractivity contribution in [3.05, 3.63) is 71.8 Å². The number of hydrogen-bond acceptors (Lipinski definition) is 4. The zero-order chi connectivity index (χ0) is 21.1. The fourth-order valence-electron chi connectivity index (χ4n) is 3.37. The van der Waals surface area contributed by atoms with Gasteiger partial charge in [-0.15, -0.1) is 0 Å². The molecule has 0 aliphatic rings. The summed E-state index contributed by atoms with van der Waals surface area (Å²) in [7, 11) is 0. The summed E-state index contributed by atoms with van der Waals surface area (Å²) in [4.78, 5) is 49.0. The molecule has 0 fully saturated rings. The van der Waals surface area contributed by atoms with Crippen LogP contribution in [0.15, 0.2) is 60.7 Å². The van der Waals surface area contributed by atoms with E-state index >= 15 is 0 Å². The van der Waals surface area contributed by atoms with Crippen molar-refractivity contribution in [2.45, 2.75) is 42.8 Å². The van der Waals surface area contributed by atoms with Gasteiger partial charge < -0.3 is 9.59 Å². The van der Waals surface area contributed by atoms with Crippen LogP contribution in [0.3, 0.4) is 0 Å². The number of carbonyl (C=O) groups excluding carboxylic acids is 4. The lowest BCUT2D eigenvalue weighted by molar-refractivity contribution is -0.109. The number of benzene rings is 2. The molecule has 0 saturated carbocycles. The van der Waals surface area contributed by atoms with Crippen LogP contribution >= 0.6 is 15.9 Å². The predicted molar refractivity (Wildman–Crippen MR) is 117 cm³/mol. The minimum absolute atomic E-state index is 0.230. The van der Waals surface area contributed by atoms with E-state index in [-0.39, 0.29) is 5.78 Å². The van der Waals surface area contributed by atoms with E-state index in [0.29, 0.717) is 36.7 Å². The maximum absolute atomic E-state index is 13.3. The summed E-state index contributed by atoms with van der Waals surface area (Å²) in [5.74, 6) is -1.46. The standard InChI is InChI=1S/C24H25BrO4/c25-24(18-27,23(29)20-14-8-5-9-15-20)21(16-10-2-1-3-11-17-26)22(28)19-12-6-4-7-13-19/h4-9,12-15,17-18,21H,1-3,10-11,16H2. The molecule has 2 aromatic carbocycles. The summed E-state index contributed by atoms with van der Waals surface area (Å²) >= 11 is 3.36. The van der Waals surface area contributed by atoms with Crippen LogP contribution in [0.1, 0.15) is 59.2 Å². The van der Waals surface area contributed by atoms with Gasteiger partial charge in [-0.05, 0) is 12.8 Å². The molecular weight excluding hydrogens is 432 g/mol. The number of halogens is 1. The van der Waals surface area contributed by atoms with Crippen molar-refractivity contribution in [1.82, 2.24) is 0 Å². The molecule has 0 aromatic heterocycles. The summed E-state index contributed by atoms with van der Waals surface area (Å²) in [6, 6.07) is 17.3. The quantitative estimate of drug-likeness (QED) is 0.136. The Morgan fingerprint density at radius 2 is 1.38 bits per heavy atom. The number of Topliss-reactive ketones (excluding diaryl/α,β-unsaturated/α-hetero) is 2. The SMILES string of the molecule is O=CCCCCCCC(C(=O)c1ccccc1)C(Br)(C=O)C(=O)c1ccccc1. The Labute approximate surface area is 179 Å². The van der Waals surface area contributed by atoms with E-state index in [1.54, 1.807) is 54.6 Å². The Balaban J connectivity index is 2.28. The average Bonchev–Trinajstić information content (AvgIpc) is 2.78. The molecule has 4 nitrogen and oxygen atoms in total. The van der Waals surface area contributed by atoms with Crippen molar-refractivity contribution in [2.75, 3.05) is 0 Å². The summed E-state index contributed by atoms with van der Waals surface area (Å²) in [5, 5.41) is 0. The minimum atomic E-state index is -1.62. The largest absolute Gasteiger partial charge is 0.303 e. The van der Waals surface area contributed by atoms with Gasteiger partial charge in [-0.3, -0.25) is 9.59 Å². The van der Waals surface area contributed by atoms with Gasteiger partial charge in [0.15, 0.2) is 15.9 Å². The highest BCUT2D eigenvalue weighted by Crippen LogP contribution is 2.36. The van der Waals surface area contributed by atoms with Crippen molar-refractivity contribution in [3.8, 4) is 0 Å². The van der Waals surface area contributed by atoms with E-state index < -0.39 is 16.0 Å². The van der Waals surface area contributed by atoms with Crippen molar-refractivity contribution >= 4 is 40.1 Å². The third-order valence-electron chi connectivity index (χ3n) is 5.00. The van der Waals surface area contributed by atoms with Gasteiger partial charge in [-0.2, -0.15) is 0 Å². The van der Waals surface area contributed by atoms with E-state index in [0.717, 1.165) is 25.5 Å². The Morgan fingerprint density at radius 3 is 1.93 bits per heavy atom. The molecule has 2 unspecified atom stereocenters. The van der Waals surface area contributed by atoms with Gasteiger partial charge in [0.1, 0.15) is 12.6 Å². The van der Waals surface area contributed by atoms with Gasteiger partial charge in [0, 0.05) is 17.5 Å². The molecule has 0 bridgehead atoms. The maximum Gasteiger partial charge on any atom is 0.187 e. The van der Waals surface area contributed by atoms with Crippen LogP contribution in [0, 0.1) is 5.92 Å². The van der Waals surface area contributed by atoms with Crippen LogP contribution in [-0.2, 0) is 9.59 Å². The summed E-state index contributed by atoms with van der Waals surface area (Å²) in [6.07, 6.45) is 5.56. The summed E-state index contributed by atoms with van der Waals surface area (Å²) < 4.78 is -1.62. The van der Waals surface area contributed by atoms with Gasteiger partial charge >= 0.3 is 0 Å². The Morgan fingerprint density at radius 1 is 0.828 bits per heavy atom. The van der Waals surface area contributed by atoms with E-state index in [1.165, 1.54) is 0 Å².